The second-order valence-electron chi connectivity index (χ2n) is 5.27. The smallest absolute Gasteiger partial charge is 0.275 e. The van der Waals surface area contributed by atoms with Crippen molar-refractivity contribution in [1.29, 1.82) is 0 Å². The number of carbonyl (C=O) groups excluding carboxylic acids is 1. The predicted molar refractivity (Wildman–Crippen MR) is 95.2 cm³/mol. The van der Waals surface area contributed by atoms with Crippen LogP contribution in [0.1, 0.15) is 11.1 Å². The normalized spacial score (nSPS) is 14.9. The Balaban J connectivity index is 2.00. The first-order valence-corrected chi connectivity index (χ1v) is 7.63. The van der Waals surface area contributed by atoms with E-state index in [2.05, 4.69) is 10.3 Å². The van der Waals surface area contributed by atoms with Gasteiger partial charge in [-0.3, -0.25) is 4.79 Å². The summed E-state index contributed by atoms with van der Waals surface area (Å²) in [6, 6.07) is 13.0. The molecule has 6 nitrogen and oxygen atoms in total. The third-order valence-electron chi connectivity index (χ3n) is 3.73. The van der Waals surface area contributed by atoms with Crippen molar-refractivity contribution in [3.63, 3.8) is 0 Å². The van der Waals surface area contributed by atoms with Gasteiger partial charge in [0.1, 0.15) is 11.5 Å². The van der Waals surface area contributed by atoms with Gasteiger partial charge in [-0.05, 0) is 23.8 Å². The highest BCUT2D eigenvalue weighted by Crippen LogP contribution is 2.38. The van der Waals surface area contributed by atoms with Crippen molar-refractivity contribution >= 4 is 17.8 Å². The Bertz CT molecular complexity index is 832. The van der Waals surface area contributed by atoms with E-state index in [1.54, 1.807) is 39.5 Å². The van der Waals surface area contributed by atoms with Gasteiger partial charge in [0.05, 0.1) is 21.3 Å². The van der Waals surface area contributed by atoms with Crippen LogP contribution in [0.3, 0.4) is 0 Å². The molecule has 0 saturated heterocycles. The van der Waals surface area contributed by atoms with Gasteiger partial charge in [-0.15, -0.1) is 0 Å². The van der Waals surface area contributed by atoms with Gasteiger partial charge in [-0.1, -0.05) is 30.3 Å². The van der Waals surface area contributed by atoms with E-state index in [9.17, 15) is 4.79 Å². The first kappa shape index (κ1) is 16.6. The fourth-order valence-electron chi connectivity index (χ4n) is 2.54. The lowest BCUT2D eigenvalue weighted by Crippen LogP contribution is -2.24. The fourth-order valence-corrected chi connectivity index (χ4v) is 2.54. The van der Waals surface area contributed by atoms with Crippen LogP contribution in [0.2, 0.25) is 0 Å². The number of hydrogen-bond donors (Lipinski definition) is 1. The molecule has 1 heterocycles. The van der Waals surface area contributed by atoms with E-state index in [1.807, 2.05) is 30.3 Å². The second kappa shape index (κ2) is 7.09. The van der Waals surface area contributed by atoms with Gasteiger partial charge in [0.15, 0.2) is 11.5 Å². The molecule has 0 saturated carbocycles. The lowest BCUT2D eigenvalue weighted by molar-refractivity contribution is -0.115. The largest absolute Gasteiger partial charge is 0.493 e. The van der Waals surface area contributed by atoms with E-state index in [4.69, 9.17) is 14.2 Å². The Labute approximate surface area is 145 Å². The number of carbonyl (C=O) groups is 1. The number of ether oxygens (including phenoxy) is 3. The summed E-state index contributed by atoms with van der Waals surface area (Å²) in [7, 11) is 4.63. The van der Waals surface area contributed by atoms with Gasteiger partial charge in [0, 0.05) is 5.56 Å². The Kier molecular flexibility index (Phi) is 4.70. The monoisotopic (exact) mass is 338 g/mol. The number of benzene rings is 2. The summed E-state index contributed by atoms with van der Waals surface area (Å²) in [5.74, 6) is 1.80. The molecule has 0 fully saturated rings. The van der Waals surface area contributed by atoms with E-state index in [-0.39, 0.29) is 5.91 Å². The van der Waals surface area contributed by atoms with Crippen LogP contribution in [-0.4, -0.2) is 33.1 Å². The molecule has 2 aromatic rings. The summed E-state index contributed by atoms with van der Waals surface area (Å²) < 4.78 is 16.0. The van der Waals surface area contributed by atoms with Crippen molar-refractivity contribution in [2.24, 2.45) is 4.99 Å². The van der Waals surface area contributed by atoms with E-state index in [0.29, 0.717) is 28.8 Å². The summed E-state index contributed by atoms with van der Waals surface area (Å²) in [5.41, 5.74) is 1.88. The molecule has 0 atom stereocenters. The van der Waals surface area contributed by atoms with Crippen molar-refractivity contribution < 1.29 is 19.0 Å². The first-order valence-electron chi connectivity index (χ1n) is 7.63. The summed E-state index contributed by atoms with van der Waals surface area (Å²) in [5, 5.41) is 2.78. The zero-order valence-corrected chi connectivity index (χ0v) is 14.2. The molecule has 1 N–H and O–H groups in total. The summed E-state index contributed by atoms with van der Waals surface area (Å²) in [4.78, 5) is 16.6. The van der Waals surface area contributed by atoms with Crippen LogP contribution in [0, 0.1) is 0 Å². The maximum atomic E-state index is 12.2. The van der Waals surface area contributed by atoms with E-state index >= 15 is 0 Å². The minimum Gasteiger partial charge on any atom is -0.493 e. The number of rotatable bonds is 5. The lowest BCUT2D eigenvalue weighted by atomic mass is 10.1. The van der Waals surface area contributed by atoms with Gasteiger partial charge in [-0.25, -0.2) is 4.99 Å². The van der Waals surface area contributed by atoms with Crippen molar-refractivity contribution in [3.05, 3.63) is 59.3 Å². The second-order valence-corrected chi connectivity index (χ2v) is 5.27. The highest BCUT2D eigenvalue weighted by molar-refractivity contribution is 6.19. The number of amidine groups is 1. The SMILES string of the molecule is COc1cc(/C=C2/N=C(c3ccccc3)NC2=O)cc(OC)c1OC. The van der Waals surface area contributed by atoms with E-state index in [0.717, 1.165) is 11.1 Å². The fraction of sp³-hybridized carbons (Fsp3) is 0.158. The number of methoxy groups -OCH3 is 3. The molecule has 0 unspecified atom stereocenters. The van der Waals surface area contributed by atoms with Crippen LogP contribution in [0.15, 0.2) is 53.2 Å². The zero-order chi connectivity index (χ0) is 17.8. The maximum Gasteiger partial charge on any atom is 0.275 e. The highest BCUT2D eigenvalue weighted by atomic mass is 16.5. The van der Waals surface area contributed by atoms with Crippen molar-refractivity contribution in [3.8, 4) is 17.2 Å². The molecule has 0 bridgehead atoms. The quantitative estimate of drug-likeness (QED) is 0.851. The van der Waals surface area contributed by atoms with E-state index in [1.165, 1.54) is 0 Å². The highest BCUT2D eigenvalue weighted by Gasteiger charge is 2.21. The van der Waals surface area contributed by atoms with Crippen molar-refractivity contribution in [2.75, 3.05) is 21.3 Å². The standard InChI is InChI=1S/C19H18N2O4/c1-23-15-10-12(11-16(24-2)17(15)25-3)9-14-19(22)21-18(20-14)13-7-5-4-6-8-13/h4-11H,1-3H3,(H,20,21,22)/b14-9+. The lowest BCUT2D eigenvalue weighted by Gasteiger charge is -2.12. The Morgan fingerprint density at radius 3 is 2.16 bits per heavy atom. The van der Waals surface area contributed by atoms with Crippen LogP contribution in [0.25, 0.3) is 6.08 Å². The molecule has 1 aliphatic rings. The maximum absolute atomic E-state index is 12.2. The third-order valence-corrected chi connectivity index (χ3v) is 3.73. The number of nitrogens with one attached hydrogen (secondary N) is 1. The molecule has 0 spiro atoms. The van der Waals surface area contributed by atoms with Gasteiger partial charge in [0.25, 0.3) is 5.91 Å². The van der Waals surface area contributed by atoms with Crippen LogP contribution < -0.4 is 19.5 Å². The third kappa shape index (κ3) is 3.33. The molecule has 0 aliphatic carbocycles. The molecule has 25 heavy (non-hydrogen) atoms. The average molecular weight is 338 g/mol. The Morgan fingerprint density at radius 1 is 0.960 bits per heavy atom. The van der Waals surface area contributed by atoms with Crippen LogP contribution in [0.5, 0.6) is 17.2 Å². The molecular weight excluding hydrogens is 320 g/mol. The number of hydrogen-bond acceptors (Lipinski definition) is 5. The zero-order valence-electron chi connectivity index (χ0n) is 14.2. The minimum absolute atomic E-state index is 0.257. The molecule has 0 radical (unpaired) electrons. The van der Waals surface area contributed by atoms with Gasteiger partial charge in [0.2, 0.25) is 5.75 Å². The van der Waals surface area contributed by atoms with E-state index < -0.39 is 0 Å². The summed E-state index contributed by atoms with van der Waals surface area (Å²) >= 11 is 0. The summed E-state index contributed by atoms with van der Waals surface area (Å²) in [6.45, 7) is 0. The van der Waals surface area contributed by atoms with Gasteiger partial charge in [-0.2, -0.15) is 0 Å². The van der Waals surface area contributed by atoms with Crippen LogP contribution in [0.4, 0.5) is 0 Å². The number of nitrogens with zero attached hydrogens (tertiary/aromatic N) is 1. The molecule has 0 aromatic heterocycles. The van der Waals surface area contributed by atoms with Crippen LogP contribution >= 0.6 is 0 Å². The molecule has 1 aliphatic heterocycles. The molecule has 3 rings (SSSR count). The molecular formula is C19H18N2O4. The number of aliphatic imine (C=N–C) groups is 1. The Hall–Kier alpha value is -3.28. The molecule has 128 valence electrons. The van der Waals surface area contributed by atoms with Crippen molar-refractivity contribution in [1.82, 2.24) is 5.32 Å². The van der Waals surface area contributed by atoms with Gasteiger partial charge < -0.3 is 19.5 Å². The van der Waals surface area contributed by atoms with Gasteiger partial charge >= 0.3 is 0 Å². The topological polar surface area (TPSA) is 69.2 Å². The van der Waals surface area contributed by atoms with Crippen molar-refractivity contribution in [2.45, 2.75) is 0 Å². The molecule has 2 aromatic carbocycles. The molecule has 6 heteroatoms. The number of amides is 1. The average Bonchev–Trinajstić information content (AvgIpc) is 3.02. The molecule has 1 amide bonds. The minimum atomic E-state index is -0.257. The summed E-state index contributed by atoms with van der Waals surface area (Å²) in [6.07, 6.45) is 1.68. The van der Waals surface area contributed by atoms with Crippen LogP contribution in [-0.2, 0) is 4.79 Å². The Morgan fingerprint density at radius 2 is 1.60 bits per heavy atom. The predicted octanol–water partition coefficient (Wildman–Crippen LogP) is 2.63. The first-order chi connectivity index (χ1) is 12.2.